The maximum Gasteiger partial charge on any atom is 0.145 e. The number of allylic oxidation sites excluding steroid dienone is 1. The zero-order chi connectivity index (χ0) is 31.2. The number of aliphatic hydroxyl groups excluding tert-OH is 1. The van der Waals surface area contributed by atoms with Crippen LogP contribution in [0.25, 0.3) is 0 Å². The van der Waals surface area contributed by atoms with E-state index in [-0.39, 0.29) is 6.10 Å². The van der Waals surface area contributed by atoms with Crippen LogP contribution in [0.5, 0.6) is 5.75 Å². The van der Waals surface area contributed by atoms with Gasteiger partial charge in [0, 0.05) is 31.1 Å². The number of aromatic nitrogens is 1. The van der Waals surface area contributed by atoms with Crippen LogP contribution in [0.3, 0.4) is 0 Å². The Kier molecular flexibility index (Phi) is 14.0. The van der Waals surface area contributed by atoms with E-state index < -0.39 is 5.60 Å². The van der Waals surface area contributed by atoms with Gasteiger partial charge in [-0.3, -0.25) is 0 Å². The van der Waals surface area contributed by atoms with E-state index in [9.17, 15) is 0 Å². The fourth-order valence-corrected chi connectivity index (χ4v) is 5.43. The molecule has 1 aromatic heterocycles. The number of nitrogens with zero attached hydrogens (tertiary/aromatic N) is 2. The third-order valence-electron chi connectivity index (χ3n) is 7.94. The largest absolute Gasteiger partial charge is 0.481 e. The summed E-state index contributed by atoms with van der Waals surface area (Å²) in [6, 6.07) is 18.8. The van der Waals surface area contributed by atoms with Crippen molar-refractivity contribution in [1.82, 2.24) is 4.98 Å². The number of aryl methyl sites for hydroxylation is 1. The topological polar surface area (TPSA) is 57.6 Å². The van der Waals surface area contributed by atoms with E-state index in [2.05, 4.69) is 89.3 Å². The van der Waals surface area contributed by atoms with Gasteiger partial charge < -0.3 is 20.1 Å². The number of hydrogen-bond donors (Lipinski definition) is 2. The molecule has 0 bridgehead atoms. The zero-order valence-corrected chi connectivity index (χ0v) is 28.3. The molecule has 5 rings (SSSR count). The van der Waals surface area contributed by atoms with Gasteiger partial charge in [-0.05, 0) is 93.8 Å². The summed E-state index contributed by atoms with van der Waals surface area (Å²) in [7, 11) is 4.69. The normalized spacial score (nSPS) is 14.8. The Morgan fingerprint density at radius 1 is 1.00 bits per heavy atom. The Balaban J connectivity index is 0.000000246. The standard InChI is InChI=1S/C21H30N3OP.C12H16O.C4H8/c1-5-15-8-11-19(24-12-6-7-13-24)23-20(15)21(2,3)25-17-10-9-16(22-4)14-18(17)26;1-3-4-11-5-7-12(8-6-11)9-10(2)13;1-2-4-3-1/h8-11,14,22H,5-7,12-13,26H2,1-4H3;3,5-8,10,13H,1,4,9H2,2H3;1-4H2. The fourth-order valence-electron chi connectivity index (χ4n) is 5.10. The van der Waals surface area contributed by atoms with Crippen LogP contribution in [0.2, 0.25) is 0 Å². The lowest BCUT2D eigenvalue weighted by Gasteiger charge is -2.30. The molecule has 2 unspecified atom stereocenters. The van der Waals surface area contributed by atoms with Crippen LogP contribution >= 0.6 is 9.24 Å². The van der Waals surface area contributed by atoms with Crippen molar-refractivity contribution in [2.45, 2.75) is 97.2 Å². The Morgan fingerprint density at radius 3 is 2.14 bits per heavy atom. The number of aliphatic hydroxyl groups is 1. The van der Waals surface area contributed by atoms with Gasteiger partial charge in [0.1, 0.15) is 17.2 Å². The predicted molar refractivity (Wildman–Crippen MR) is 188 cm³/mol. The first-order chi connectivity index (χ1) is 20.7. The monoisotopic (exact) mass is 603 g/mol. The van der Waals surface area contributed by atoms with Gasteiger partial charge in [0.25, 0.3) is 0 Å². The average Bonchev–Trinajstić information content (AvgIpc) is 3.49. The number of benzene rings is 2. The summed E-state index contributed by atoms with van der Waals surface area (Å²) in [6.07, 6.45) is 12.7. The molecule has 6 heteroatoms. The molecular weight excluding hydrogens is 549 g/mol. The van der Waals surface area contributed by atoms with Crippen molar-refractivity contribution in [3.63, 3.8) is 0 Å². The van der Waals surface area contributed by atoms with Crippen molar-refractivity contribution in [2.24, 2.45) is 0 Å². The number of hydrogen-bond acceptors (Lipinski definition) is 5. The van der Waals surface area contributed by atoms with Crippen molar-refractivity contribution in [2.75, 3.05) is 30.4 Å². The summed E-state index contributed by atoms with van der Waals surface area (Å²) < 4.78 is 6.45. The summed E-state index contributed by atoms with van der Waals surface area (Å²) in [6.45, 7) is 14.1. The van der Waals surface area contributed by atoms with Gasteiger partial charge in [-0.1, -0.05) is 69.0 Å². The van der Waals surface area contributed by atoms with Gasteiger partial charge in [-0.15, -0.1) is 15.8 Å². The van der Waals surface area contributed by atoms with Gasteiger partial charge in [0.2, 0.25) is 0 Å². The van der Waals surface area contributed by atoms with Crippen LogP contribution in [0.15, 0.2) is 67.3 Å². The molecule has 1 saturated heterocycles. The third kappa shape index (κ3) is 11.0. The van der Waals surface area contributed by atoms with Crippen LogP contribution in [0.1, 0.15) is 88.6 Å². The van der Waals surface area contributed by atoms with Crippen molar-refractivity contribution < 1.29 is 9.84 Å². The maximum absolute atomic E-state index is 9.16. The molecule has 2 atom stereocenters. The Bertz CT molecular complexity index is 1260. The molecule has 1 saturated carbocycles. The number of ether oxygens (including phenoxy) is 1. The second-order valence-corrected chi connectivity index (χ2v) is 12.7. The van der Waals surface area contributed by atoms with Crippen LogP contribution < -0.4 is 20.3 Å². The molecule has 1 aliphatic carbocycles. The first kappa shape index (κ1) is 34.6. The number of anilines is 2. The molecule has 0 amide bonds. The van der Waals surface area contributed by atoms with Crippen LogP contribution in [0, 0.1) is 0 Å². The number of rotatable bonds is 10. The van der Waals surface area contributed by atoms with E-state index in [1.807, 2.05) is 25.3 Å². The molecule has 2 heterocycles. The van der Waals surface area contributed by atoms with Crippen molar-refractivity contribution in [3.8, 4) is 5.75 Å². The van der Waals surface area contributed by atoms with Gasteiger partial charge in [0.05, 0.1) is 11.8 Å². The average molecular weight is 604 g/mol. The molecule has 5 nitrogen and oxygen atoms in total. The summed E-state index contributed by atoms with van der Waals surface area (Å²) in [5.74, 6) is 1.94. The molecule has 2 fully saturated rings. The third-order valence-corrected chi connectivity index (χ3v) is 8.39. The molecule has 2 N–H and O–H groups in total. The highest BCUT2D eigenvalue weighted by molar-refractivity contribution is 7.27. The lowest BCUT2D eigenvalue weighted by molar-refractivity contribution is 0.104. The van der Waals surface area contributed by atoms with Gasteiger partial charge >= 0.3 is 0 Å². The van der Waals surface area contributed by atoms with Crippen molar-refractivity contribution >= 4 is 26.0 Å². The quantitative estimate of drug-likeness (QED) is 0.182. The lowest BCUT2D eigenvalue weighted by atomic mass is 9.97. The van der Waals surface area contributed by atoms with Gasteiger partial charge in [0.15, 0.2) is 0 Å². The van der Waals surface area contributed by atoms with Gasteiger partial charge in [-0.2, -0.15) is 0 Å². The molecule has 2 aliphatic rings. The molecular formula is C37H54N3O2P. The molecule has 0 radical (unpaired) electrons. The number of pyridine rings is 1. The number of nitrogens with one attached hydrogen (secondary N) is 1. The summed E-state index contributed by atoms with van der Waals surface area (Å²) in [5.41, 5.74) is 5.30. The van der Waals surface area contributed by atoms with Crippen LogP contribution in [-0.2, 0) is 24.9 Å². The second kappa shape index (κ2) is 17.4. The van der Waals surface area contributed by atoms with E-state index in [1.54, 1.807) is 6.92 Å². The Labute approximate surface area is 263 Å². The van der Waals surface area contributed by atoms with Crippen LogP contribution in [0.4, 0.5) is 11.5 Å². The molecule has 3 aromatic rings. The first-order valence-corrected chi connectivity index (χ1v) is 16.6. The van der Waals surface area contributed by atoms with E-state index >= 15 is 0 Å². The summed E-state index contributed by atoms with van der Waals surface area (Å²) in [4.78, 5) is 7.42. The lowest BCUT2D eigenvalue weighted by Crippen LogP contribution is -2.31. The highest BCUT2D eigenvalue weighted by Gasteiger charge is 2.29. The fraction of sp³-hybridized carbons (Fsp3) is 0.486. The van der Waals surface area contributed by atoms with E-state index in [0.717, 1.165) is 60.6 Å². The minimum atomic E-state index is -0.506. The minimum Gasteiger partial charge on any atom is -0.481 e. The summed E-state index contributed by atoms with van der Waals surface area (Å²) >= 11 is 0. The van der Waals surface area contributed by atoms with Crippen LogP contribution in [-0.4, -0.2) is 36.3 Å². The molecule has 1 aliphatic heterocycles. The zero-order valence-electron chi connectivity index (χ0n) is 27.2. The van der Waals surface area contributed by atoms with Crippen molar-refractivity contribution in [1.29, 1.82) is 0 Å². The molecule has 234 valence electrons. The van der Waals surface area contributed by atoms with Gasteiger partial charge in [-0.25, -0.2) is 4.98 Å². The van der Waals surface area contributed by atoms with E-state index in [1.165, 1.54) is 55.2 Å². The SMILES string of the molecule is C1CCC1.C=CCc1ccc(CC(C)O)cc1.CCc1ccc(N2CCCC2)nc1C(C)(C)Oc1ccc(NC)cc1P. The second-order valence-electron chi connectivity index (χ2n) is 12.1. The Hall–Kier alpha value is -2.88. The minimum absolute atomic E-state index is 0.259. The smallest absolute Gasteiger partial charge is 0.145 e. The van der Waals surface area contributed by atoms with Crippen molar-refractivity contribution in [3.05, 3.63) is 89.6 Å². The maximum atomic E-state index is 9.16. The highest BCUT2D eigenvalue weighted by atomic mass is 31.0. The highest BCUT2D eigenvalue weighted by Crippen LogP contribution is 2.32. The predicted octanol–water partition coefficient (Wildman–Crippen LogP) is 8.00. The first-order valence-electron chi connectivity index (χ1n) is 16.0. The van der Waals surface area contributed by atoms with E-state index in [4.69, 9.17) is 14.8 Å². The summed E-state index contributed by atoms with van der Waals surface area (Å²) in [5, 5.41) is 13.4. The van der Waals surface area contributed by atoms with E-state index in [0.29, 0.717) is 0 Å². The Morgan fingerprint density at radius 2 is 1.63 bits per heavy atom. The molecule has 43 heavy (non-hydrogen) atoms. The molecule has 2 aromatic carbocycles. The molecule has 0 spiro atoms.